The van der Waals surface area contributed by atoms with E-state index < -0.39 is 24.6 Å². The summed E-state index contributed by atoms with van der Waals surface area (Å²) in [6.45, 7) is 2.66. The number of carbonyl (C=O) groups excluding carboxylic acids is 3. The highest BCUT2D eigenvalue weighted by Crippen LogP contribution is 2.24. The average Bonchev–Trinajstić information content (AvgIpc) is 3.16. The Hall–Kier alpha value is -5.60. The first-order valence-electron chi connectivity index (χ1n) is 16.8. The standard InChI is InChI=1S/C15H10N2O2.C10H22O2.C9H6N2O2.C5H10O4/c16-10-19-15-7-3-13(4-8-15)9-12-1-5-14(6-2-12)17-11-18;11-9-7-5-3-1-2-4-6-8-10-12;1-7-2-3-8(10-5-12)4-9(7)11-6-13;1-5(2-6,3-7)4(8)9/h1-8H,9H2;11-12H,1-10H2;2-4H,1H3;6-7H,2-3H2,1H3,(H,8,9). The second-order valence-corrected chi connectivity index (χ2v) is 11.7. The van der Waals surface area contributed by atoms with Crippen molar-refractivity contribution in [3.05, 3.63) is 83.4 Å². The normalized spacial score (nSPS) is 9.68. The molecule has 0 atom stereocenters. The lowest BCUT2D eigenvalue weighted by molar-refractivity contribution is -0.152. The molecular weight excluding hydrogens is 684 g/mol. The Morgan fingerprint density at radius 2 is 1.11 bits per heavy atom. The van der Waals surface area contributed by atoms with E-state index in [9.17, 15) is 19.2 Å². The van der Waals surface area contributed by atoms with Gasteiger partial charge >= 0.3 is 5.97 Å². The number of unbranched alkanes of at least 4 members (excludes halogenated alkanes) is 7. The number of aliphatic hydroxyl groups excluding tert-OH is 4. The molecule has 14 nitrogen and oxygen atoms in total. The van der Waals surface area contributed by atoms with Gasteiger partial charge in [0.1, 0.15) is 11.2 Å². The number of carbonyl (C=O) groups is 1. The second-order valence-electron chi connectivity index (χ2n) is 11.7. The molecule has 284 valence electrons. The van der Waals surface area contributed by atoms with Crippen LogP contribution in [0.5, 0.6) is 5.75 Å². The van der Waals surface area contributed by atoms with Crippen molar-refractivity contribution in [2.75, 3.05) is 26.4 Å². The number of hydrogen-bond donors (Lipinski definition) is 5. The lowest BCUT2D eigenvalue weighted by Crippen LogP contribution is -2.35. The monoisotopic (exact) mass is 732 g/mol. The molecule has 3 aromatic carbocycles. The van der Waals surface area contributed by atoms with Gasteiger partial charge in [-0.05, 0) is 86.2 Å². The third kappa shape index (κ3) is 22.1. The molecule has 0 aliphatic rings. The summed E-state index contributed by atoms with van der Waals surface area (Å²) in [6.07, 6.45) is 16.0. The van der Waals surface area contributed by atoms with E-state index in [-0.39, 0.29) is 0 Å². The predicted molar refractivity (Wildman–Crippen MR) is 197 cm³/mol. The van der Waals surface area contributed by atoms with Gasteiger partial charge in [-0.15, -0.1) is 5.26 Å². The number of carboxylic acids is 1. The summed E-state index contributed by atoms with van der Waals surface area (Å²) in [6, 6.07) is 19.6. The number of benzene rings is 3. The number of isocyanates is 3. The van der Waals surface area contributed by atoms with Crippen LogP contribution >= 0.6 is 0 Å². The van der Waals surface area contributed by atoms with E-state index in [1.807, 2.05) is 24.3 Å². The molecule has 0 aliphatic carbocycles. The summed E-state index contributed by atoms with van der Waals surface area (Å²) >= 11 is 0. The lowest BCUT2D eigenvalue weighted by Gasteiger charge is -2.17. The Morgan fingerprint density at radius 1 is 0.679 bits per heavy atom. The van der Waals surface area contributed by atoms with E-state index in [0.717, 1.165) is 48.8 Å². The Balaban J connectivity index is 0.000000709. The first-order chi connectivity index (χ1) is 25.6. The fourth-order valence-electron chi connectivity index (χ4n) is 4.06. The van der Waals surface area contributed by atoms with E-state index in [0.29, 0.717) is 36.0 Å². The van der Waals surface area contributed by atoms with Gasteiger partial charge in [-0.1, -0.05) is 68.9 Å². The van der Waals surface area contributed by atoms with Gasteiger partial charge in [0.15, 0.2) is 0 Å². The Morgan fingerprint density at radius 3 is 1.51 bits per heavy atom. The fourth-order valence-corrected chi connectivity index (χ4v) is 4.06. The fraction of sp³-hybridized carbons (Fsp3) is 0.410. The van der Waals surface area contributed by atoms with Crippen LogP contribution in [0.25, 0.3) is 0 Å². The molecule has 0 aromatic heterocycles. The van der Waals surface area contributed by atoms with Crippen molar-refractivity contribution < 1.29 is 49.4 Å². The number of nitriles is 1. The number of carboxylic acid groups (broad SMARTS) is 1. The SMILES string of the molecule is CC(CO)(CO)C(=O)O.Cc1ccc(N=C=O)cc1N=C=O.N#COc1ccc(Cc2ccc(N=C=O)cc2)cc1.OCCCCCCCCCCO. The van der Waals surface area contributed by atoms with Crippen LogP contribution in [0.1, 0.15) is 75.0 Å². The molecule has 5 N–H and O–H groups in total. The minimum atomic E-state index is -1.39. The Bertz CT molecular complexity index is 1640. The van der Waals surface area contributed by atoms with Crippen LogP contribution in [0.3, 0.4) is 0 Å². The second kappa shape index (κ2) is 30.1. The van der Waals surface area contributed by atoms with Crippen molar-refractivity contribution in [3.8, 4) is 12.0 Å². The van der Waals surface area contributed by atoms with Crippen molar-refractivity contribution in [1.29, 1.82) is 5.26 Å². The summed E-state index contributed by atoms with van der Waals surface area (Å²) in [5, 5.41) is 50.5. The molecule has 3 aromatic rings. The van der Waals surface area contributed by atoms with Gasteiger partial charge in [-0.25, -0.2) is 14.4 Å². The highest BCUT2D eigenvalue weighted by Gasteiger charge is 2.31. The Labute approximate surface area is 309 Å². The van der Waals surface area contributed by atoms with Gasteiger partial charge in [0.2, 0.25) is 18.2 Å². The number of nitrogens with zero attached hydrogens (tertiary/aromatic N) is 4. The third-order valence-corrected chi connectivity index (χ3v) is 7.42. The Kier molecular flexibility index (Phi) is 26.9. The van der Waals surface area contributed by atoms with E-state index in [1.54, 1.807) is 49.6 Å². The molecule has 0 heterocycles. The molecule has 0 radical (unpaired) electrons. The molecule has 0 spiro atoms. The average molecular weight is 733 g/mol. The number of hydrogen-bond acceptors (Lipinski definition) is 13. The predicted octanol–water partition coefficient (Wildman–Crippen LogP) is 6.19. The van der Waals surface area contributed by atoms with Gasteiger partial charge in [0.05, 0.1) is 30.3 Å². The molecule has 0 fully saturated rings. The first-order valence-corrected chi connectivity index (χ1v) is 16.8. The minimum Gasteiger partial charge on any atom is -0.481 e. The van der Waals surface area contributed by atoms with Crippen LogP contribution < -0.4 is 4.74 Å². The van der Waals surface area contributed by atoms with Gasteiger partial charge in [-0.2, -0.15) is 15.0 Å². The van der Waals surface area contributed by atoms with Crippen molar-refractivity contribution in [2.24, 2.45) is 20.4 Å². The number of aliphatic imine (C=N–C) groups is 3. The molecule has 0 saturated heterocycles. The van der Waals surface area contributed by atoms with Gasteiger partial charge < -0.3 is 30.3 Å². The zero-order valence-electron chi connectivity index (χ0n) is 30.1. The molecule has 0 amide bonds. The molecule has 0 bridgehead atoms. The molecule has 0 saturated carbocycles. The van der Waals surface area contributed by atoms with Crippen LogP contribution in [0, 0.1) is 23.9 Å². The maximum absolute atomic E-state index is 10.2. The van der Waals surface area contributed by atoms with Gasteiger partial charge in [0.25, 0.3) is 6.26 Å². The summed E-state index contributed by atoms with van der Waals surface area (Å²) in [5.74, 6) is -0.658. The summed E-state index contributed by atoms with van der Waals surface area (Å²) in [4.78, 5) is 50.6. The third-order valence-electron chi connectivity index (χ3n) is 7.42. The van der Waals surface area contributed by atoms with E-state index in [2.05, 4.69) is 15.0 Å². The highest BCUT2D eigenvalue weighted by molar-refractivity contribution is 5.74. The van der Waals surface area contributed by atoms with Crippen LogP contribution in [-0.4, -0.2) is 76.2 Å². The largest absolute Gasteiger partial charge is 0.481 e. The minimum absolute atomic E-state index is 0.338. The highest BCUT2D eigenvalue weighted by atomic mass is 16.5. The van der Waals surface area contributed by atoms with Crippen LogP contribution in [0.15, 0.2) is 81.7 Å². The molecule has 0 unspecified atom stereocenters. The number of rotatable bonds is 18. The van der Waals surface area contributed by atoms with Crippen molar-refractivity contribution in [1.82, 2.24) is 0 Å². The van der Waals surface area contributed by atoms with Crippen LogP contribution in [0.4, 0.5) is 17.1 Å². The van der Waals surface area contributed by atoms with E-state index in [1.165, 1.54) is 56.9 Å². The van der Waals surface area contributed by atoms with E-state index >= 15 is 0 Å². The summed E-state index contributed by atoms with van der Waals surface area (Å²) < 4.78 is 4.71. The number of aliphatic hydroxyl groups is 4. The number of ether oxygens (including phenoxy) is 1. The molecular formula is C39H48N4O10. The van der Waals surface area contributed by atoms with Crippen molar-refractivity contribution >= 4 is 41.3 Å². The zero-order chi connectivity index (χ0) is 39.7. The summed E-state index contributed by atoms with van der Waals surface area (Å²) in [7, 11) is 0. The molecule has 3 rings (SSSR count). The van der Waals surface area contributed by atoms with Crippen molar-refractivity contribution in [2.45, 2.75) is 71.6 Å². The van der Waals surface area contributed by atoms with Crippen molar-refractivity contribution in [3.63, 3.8) is 0 Å². The number of aryl methyl sites for hydroxylation is 1. The molecule has 14 heteroatoms. The topological polar surface area (TPSA) is 240 Å². The maximum atomic E-state index is 10.2. The summed E-state index contributed by atoms with van der Waals surface area (Å²) in [5.41, 5.74) is 3.14. The van der Waals surface area contributed by atoms with Crippen LogP contribution in [-0.2, 0) is 25.6 Å². The van der Waals surface area contributed by atoms with Crippen LogP contribution in [0.2, 0.25) is 0 Å². The maximum Gasteiger partial charge on any atom is 0.314 e. The smallest absolute Gasteiger partial charge is 0.314 e. The number of aliphatic carboxylic acids is 1. The van der Waals surface area contributed by atoms with Gasteiger partial charge in [0, 0.05) is 13.2 Å². The molecule has 53 heavy (non-hydrogen) atoms. The van der Waals surface area contributed by atoms with E-state index in [4.69, 9.17) is 35.5 Å². The molecule has 0 aliphatic heterocycles. The first kappa shape index (κ1) is 47.4. The zero-order valence-corrected chi connectivity index (χ0v) is 30.1. The lowest BCUT2D eigenvalue weighted by atomic mass is 9.94. The van der Waals surface area contributed by atoms with Gasteiger partial charge in [-0.3, -0.25) is 4.79 Å². The quantitative estimate of drug-likeness (QED) is 0.0428.